The Morgan fingerprint density at radius 3 is 2.26 bits per heavy atom. The number of halogens is 4. The van der Waals surface area contributed by atoms with Gasteiger partial charge in [0.1, 0.15) is 5.69 Å². The maximum atomic E-state index is 13.6. The molecule has 0 aliphatic carbocycles. The summed E-state index contributed by atoms with van der Waals surface area (Å²) in [6.07, 6.45) is 2.77. The minimum absolute atomic E-state index is 0.0593. The molecule has 102 valence electrons. The summed E-state index contributed by atoms with van der Waals surface area (Å²) in [6, 6.07) is 1.59. The van der Waals surface area contributed by atoms with E-state index in [4.69, 9.17) is 4.42 Å². The Kier molecular flexibility index (Phi) is 3.73. The second-order valence-electron chi connectivity index (χ2n) is 3.82. The largest absolute Gasteiger partial charge is 0.472 e. The van der Waals surface area contributed by atoms with Crippen LogP contribution in [0, 0.1) is 23.5 Å². The number of aromatic nitrogens is 1. The van der Waals surface area contributed by atoms with Crippen LogP contribution in [0.1, 0.15) is 12.5 Å². The Labute approximate surface area is 106 Å². The van der Waals surface area contributed by atoms with Crippen LogP contribution >= 0.6 is 0 Å². The quantitative estimate of drug-likeness (QED) is 0.633. The molecule has 0 aromatic carbocycles. The van der Waals surface area contributed by atoms with Gasteiger partial charge in [0.05, 0.1) is 12.5 Å². The smallest absolute Gasteiger partial charge is 0.253 e. The van der Waals surface area contributed by atoms with E-state index in [0.29, 0.717) is 5.56 Å². The van der Waals surface area contributed by atoms with Gasteiger partial charge in [-0.3, -0.25) is 0 Å². The van der Waals surface area contributed by atoms with Gasteiger partial charge in [0.25, 0.3) is 11.9 Å². The summed E-state index contributed by atoms with van der Waals surface area (Å²) in [4.78, 5) is 3.67. The molecule has 0 bridgehead atoms. The normalized spacial score (nSPS) is 10.8. The van der Waals surface area contributed by atoms with E-state index < -0.39 is 29.2 Å². The summed E-state index contributed by atoms with van der Waals surface area (Å²) < 4.78 is 58.1. The van der Waals surface area contributed by atoms with E-state index in [1.54, 1.807) is 13.0 Å². The summed E-state index contributed by atoms with van der Waals surface area (Å²) >= 11 is 0. The Morgan fingerprint density at radius 2 is 1.79 bits per heavy atom. The van der Waals surface area contributed by atoms with Gasteiger partial charge in [-0.25, -0.2) is 0 Å². The summed E-state index contributed by atoms with van der Waals surface area (Å²) in [5, 5.41) is 0. The molecule has 0 spiro atoms. The molecule has 3 nitrogen and oxygen atoms in total. The lowest BCUT2D eigenvalue weighted by Crippen LogP contribution is -2.25. The zero-order chi connectivity index (χ0) is 14.0. The SMILES string of the molecule is CCN(Cc1ccoc1)c1c(F)c(F)nc(F)c1F. The third-order valence-electron chi connectivity index (χ3n) is 2.63. The van der Waals surface area contributed by atoms with Crippen molar-refractivity contribution in [1.82, 2.24) is 4.98 Å². The molecule has 0 unspecified atom stereocenters. The molecule has 7 heteroatoms. The third kappa shape index (κ3) is 2.54. The predicted octanol–water partition coefficient (Wildman–Crippen LogP) is 3.26. The van der Waals surface area contributed by atoms with E-state index in [-0.39, 0.29) is 13.1 Å². The molecule has 0 aliphatic heterocycles. The zero-order valence-electron chi connectivity index (χ0n) is 9.96. The van der Waals surface area contributed by atoms with Crippen LogP contribution in [-0.4, -0.2) is 11.5 Å². The van der Waals surface area contributed by atoms with Crippen molar-refractivity contribution >= 4 is 5.69 Å². The van der Waals surface area contributed by atoms with Gasteiger partial charge in [-0.15, -0.1) is 0 Å². The lowest BCUT2D eigenvalue weighted by Gasteiger charge is -2.23. The standard InChI is InChI=1S/C12H10F4N2O/c1-2-18(5-7-3-4-19-6-7)10-8(13)11(15)17-12(16)9(10)14/h3-4,6H,2,5H2,1H3. The van der Waals surface area contributed by atoms with Crippen molar-refractivity contribution in [2.45, 2.75) is 13.5 Å². The van der Waals surface area contributed by atoms with E-state index in [0.717, 1.165) is 4.90 Å². The van der Waals surface area contributed by atoms with Crippen LogP contribution in [0.15, 0.2) is 23.0 Å². The average molecular weight is 274 g/mol. The van der Waals surface area contributed by atoms with E-state index in [1.165, 1.54) is 12.5 Å². The summed E-state index contributed by atoms with van der Waals surface area (Å²) in [7, 11) is 0. The van der Waals surface area contributed by atoms with Crippen LogP contribution in [0.3, 0.4) is 0 Å². The van der Waals surface area contributed by atoms with Gasteiger partial charge < -0.3 is 9.32 Å². The first kappa shape index (κ1) is 13.4. The predicted molar refractivity (Wildman–Crippen MR) is 59.5 cm³/mol. The van der Waals surface area contributed by atoms with Gasteiger partial charge in [-0.2, -0.15) is 22.5 Å². The van der Waals surface area contributed by atoms with Gasteiger partial charge in [0, 0.05) is 18.7 Å². The maximum absolute atomic E-state index is 13.6. The first-order valence-electron chi connectivity index (χ1n) is 5.50. The van der Waals surface area contributed by atoms with Crippen molar-refractivity contribution in [2.75, 3.05) is 11.4 Å². The highest BCUT2D eigenvalue weighted by molar-refractivity contribution is 5.48. The van der Waals surface area contributed by atoms with Crippen molar-refractivity contribution in [3.05, 3.63) is 47.7 Å². The van der Waals surface area contributed by atoms with E-state index >= 15 is 0 Å². The molecule has 19 heavy (non-hydrogen) atoms. The number of nitrogens with zero attached hydrogens (tertiary/aromatic N) is 2. The lowest BCUT2D eigenvalue weighted by molar-refractivity contribution is 0.405. The molecule has 2 heterocycles. The highest BCUT2D eigenvalue weighted by Gasteiger charge is 2.24. The summed E-state index contributed by atoms with van der Waals surface area (Å²) in [5.41, 5.74) is -0.146. The van der Waals surface area contributed by atoms with Crippen LogP contribution in [0.4, 0.5) is 23.2 Å². The Morgan fingerprint density at radius 1 is 1.16 bits per heavy atom. The fourth-order valence-corrected chi connectivity index (χ4v) is 1.71. The minimum atomic E-state index is -1.67. The number of pyridine rings is 1. The molecule has 2 rings (SSSR count). The van der Waals surface area contributed by atoms with Gasteiger partial charge in [0.15, 0.2) is 0 Å². The van der Waals surface area contributed by atoms with Gasteiger partial charge in [-0.1, -0.05) is 0 Å². The van der Waals surface area contributed by atoms with E-state index in [1.807, 2.05) is 0 Å². The first-order valence-corrected chi connectivity index (χ1v) is 5.50. The summed E-state index contributed by atoms with van der Waals surface area (Å²) in [5.74, 6) is -6.35. The number of anilines is 1. The van der Waals surface area contributed by atoms with Crippen molar-refractivity contribution in [2.24, 2.45) is 0 Å². The van der Waals surface area contributed by atoms with Gasteiger partial charge >= 0.3 is 0 Å². The number of rotatable bonds is 4. The number of hydrogen-bond acceptors (Lipinski definition) is 3. The van der Waals surface area contributed by atoms with E-state index in [2.05, 4.69) is 4.98 Å². The molecule has 0 amide bonds. The van der Waals surface area contributed by atoms with Crippen molar-refractivity contribution < 1.29 is 22.0 Å². The molecule has 2 aromatic heterocycles. The van der Waals surface area contributed by atoms with Crippen LogP contribution in [-0.2, 0) is 6.54 Å². The Bertz CT molecular complexity index is 545. The Hall–Kier alpha value is -2.05. The maximum Gasteiger partial charge on any atom is 0.253 e. The second kappa shape index (κ2) is 5.29. The van der Waals surface area contributed by atoms with Crippen LogP contribution < -0.4 is 4.90 Å². The topological polar surface area (TPSA) is 29.3 Å². The molecule has 0 saturated heterocycles. The molecule has 0 radical (unpaired) electrons. The average Bonchev–Trinajstić information content (AvgIpc) is 2.88. The van der Waals surface area contributed by atoms with Crippen molar-refractivity contribution in [3.63, 3.8) is 0 Å². The Balaban J connectivity index is 2.43. The minimum Gasteiger partial charge on any atom is -0.472 e. The third-order valence-corrected chi connectivity index (χ3v) is 2.63. The molecule has 0 saturated carbocycles. The molecule has 0 N–H and O–H groups in total. The molecular formula is C12H10F4N2O. The van der Waals surface area contributed by atoms with Crippen LogP contribution in [0.25, 0.3) is 0 Å². The molecule has 2 aromatic rings. The van der Waals surface area contributed by atoms with Crippen molar-refractivity contribution in [3.8, 4) is 0 Å². The van der Waals surface area contributed by atoms with Crippen LogP contribution in [0.5, 0.6) is 0 Å². The monoisotopic (exact) mass is 274 g/mol. The summed E-state index contributed by atoms with van der Waals surface area (Å²) in [6.45, 7) is 1.82. The molecular weight excluding hydrogens is 264 g/mol. The molecule has 0 aliphatic rings. The van der Waals surface area contributed by atoms with Crippen LogP contribution in [0.2, 0.25) is 0 Å². The number of hydrogen-bond donors (Lipinski definition) is 0. The lowest BCUT2D eigenvalue weighted by atomic mass is 10.2. The fourth-order valence-electron chi connectivity index (χ4n) is 1.71. The van der Waals surface area contributed by atoms with Gasteiger partial charge in [0.2, 0.25) is 11.6 Å². The first-order chi connectivity index (χ1) is 9.04. The highest BCUT2D eigenvalue weighted by atomic mass is 19.2. The van der Waals surface area contributed by atoms with Gasteiger partial charge in [-0.05, 0) is 13.0 Å². The van der Waals surface area contributed by atoms with E-state index in [9.17, 15) is 17.6 Å². The second-order valence-corrected chi connectivity index (χ2v) is 3.82. The fraction of sp³-hybridized carbons (Fsp3) is 0.250. The zero-order valence-corrected chi connectivity index (χ0v) is 9.96. The molecule has 0 fully saturated rings. The number of furan rings is 1. The molecule has 0 atom stereocenters. The van der Waals surface area contributed by atoms with Crippen molar-refractivity contribution in [1.29, 1.82) is 0 Å². The highest BCUT2D eigenvalue weighted by Crippen LogP contribution is 2.27.